The Labute approximate surface area is 124 Å². The van der Waals surface area contributed by atoms with Gasteiger partial charge in [0.2, 0.25) is 0 Å². The fraction of sp³-hybridized carbons (Fsp3) is 0.353. The summed E-state index contributed by atoms with van der Waals surface area (Å²) >= 11 is 0. The standard InChI is InChI=1S/C17H19NO3/c1-20-16-6-5-13-7-12(3-4-14(13)8-16)9-18-10-15(11-18)17(19)21-2/h3-8,15H,9-11H2,1-2H3. The van der Waals surface area contributed by atoms with Crippen LogP contribution in [0.25, 0.3) is 10.8 Å². The summed E-state index contributed by atoms with van der Waals surface area (Å²) in [6.45, 7) is 2.44. The van der Waals surface area contributed by atoms with Crippen molar-refractivity contribution in [2.75, 3.05) is 27.3 Å². The molecule has 0 aliphatic carbocycles. The van der Waals surface area contributed by atoms with E-state index in [-0.39, 0.29) is 11.9 Å². The van der Waals surface area contributed by atoms with Gasteiger partial charge in [0, 0.05) is 19.6 Å². The lowest BCUT2D eigenvalue weighted by Crippen LogP contribution is -2.49. The van der Waals surface area contributed by atoms with Crippen LogP contribution >= 0.6 is 0 Å². The Bertz CT molecular complexity index is 662. The molecule has 1 saturated heterocycles. The minimum Gasteiger partial charge on any atom is -0.497 e. The molecule has 2 aromatic carbocycles. The number of hydrogen-bond acceptors (Lipinski definition) is 4. The highest BCUT2D eigenvalue weighted by atomic mass is 16.5. The second kappa shape index (κ2) is 5.74. The molecule has 4 heteroatoms. The molecule has 110 valence electrons. The van der Waals surface area contributed by atoms with E-state index in [4.69, 9.17) is 9.47 Å². The number of likely N-dealkylation sites (tertiary alicyclic amines) is 1. The maximum Gasteiger partial charge on any atom is 0.311 e. The van der Waals surface area contributed by atoms with Crippen LogP contribution in [0.1, 0.15) is 5.56 Å². The number of carbonyl (C=O) groups is 1. The van der Waals surface area contributed by atoms with E-state index in [9.17, 15) is 4.79 Å². The van der Waals surface area contributed by atoms with Gasteiger partial charge in [-0.3, -0.25) is 9.69 Å². The Hall–Kier alpha value is -2.07. The minimum atomic E-state index is -0.100. The zero-order valence-corrected chi connectivity index (χ0v) is 12.3. The third-order valence-electron chi connectivity index (χ3n) is 4.01. The first-order valence-corrected chi connectivity index (χ1v) is 7.06. The molecule has 1 fully saturated rings. The van der Waals surface area contributed by atoms with Crippen molar-refractivity contribution in [2.24, 2.45) is 5.92 Å². The van der Waals surface area contributed by atoms with Gasteiger partial charge in [-0.2, -0.15) is 0 Å². The first-order chi connectivity index (χ1) is 10.2. The lowest BCUT2D eigenvalue weighted by molar-refractivity contribution is -0.151. The summed E-state index contributed by atoms with van der Waals surface area (Å²) in [5.41, 5.74) is 1.26. The van der Waals surface area contributed by atoms with Crippen molar-refractivity contribution in [2.45, 2.75) is 6.54 Å². The molecule has 3 rings (SSSR count). The van der Waals surface area contributed by atoms with Gasteiger partial charge < -0.3 is 9.47 Å². The summed E-state index contributed by atoms with van der Waals surface area (Å²) in [7, 11) is 3.12. The summed E-state index contributed by atoms with van der Waals surface area (Å²) in [6, 6.07) is 12.5. The number of rotatable bonds is 4. The van der Waals surface area contributed by atoms with Crippen LogP contribution in [-0.2, 0) is 16.1 Å². The smallest absolute Gasteiger partial charge is 0.311 e. The summed E-state index contributed by atoms with van der Waals surface area (Å²) < 4.78 is 9.99. The highest BCUT2D eigenvalue weighted by Crippen LogP contribution is 2.24. The molecule has 4 nitrogen and oxygen atoms in total. The highest BCUT2D eigenvalue weighted by Gasteiger charge is 2.33. The predicted molar refractivity (Wildman–Crippen MR) is 81.3 cm³/mol. The van der Waals surface area contributed by atoms with Crippen LogP contribution in [0.15, 0.2) is 36.4 Å². The Morgan fingerprint density at radius 1 is 1.14 bits per heavy atom. The monoisotopic (exact) mass is 285 g/mol. The van der Waals surface area contributed by atoms with Gasteiger partial charge >= 0.3 is 5.97 Å². The van der Waals surface area contributed by atoms with Crippen LogP contribution in [0.4, 0.5) is 0 Å². The van der Waals surface area contributed by atoms with Gasteiger partial charge in [0.15, 0.2) is 0 Å². The minimum absolute atomic E-state index is 0.0414. The van der Waals surface area contributed by atoms with Gasteiger partial charge in [-0.25, -0.2) is 0 Å². The van der Waals surface area contributed by atoms with E-state index in [2.05, 4.69) is 29.2 Å². The summed E-state index contributed by atoms with van der Waals surface area (Å²) in [5, 5.41) is 2.38. The summed E-state index contributed by atoms with van der Waals surface area (Å²) in [5.74, 6) is 0.815. The van der Waals surface area contributed by atoms with E-state index < -0.39 is 0 Å². The molecule has 0 amide bonds. The van der Waals surface area contributed by atoms with Crippen molar-refractivity contribution in [3.05, 3.63) is 42.0 Å². The molecule has 0 saturated carbocycles. The molecular weight excluding hydrogens is 266 g/mol. The molecule has 2 aromatic rings. The fourth-order valence-corrected chi connectivity index (χ4v) is 2.77. The van der Waals surface area contributed by atoms with Crippen molar-refractivity contribution in [1.29, 1.82) is 0 Å². The number of fused-ring (bicyclic) bond motifs is 1. The number of hydrogen-bond donors (Lipinski definition) is 0. The van der Waals surface area contributed by atoms with Crippen molar-refractivity contribution in [1.82, 2.24) is 4.90 Å². The number of carbonyl (C=O) groups excluding carboxylic acids is 1. The molecule has 0 atom stereocenters. The van der Waals surface area contributed by atoms with Gasteiger partial charge in [0.25, 0.3) is 0 Å². The molecule has 0 unspecified atom stereocenters. The van der Waals surface area contributed by atoms with Crippen LogP contribution in [0.5, 0.6) is 5.75 Å². The maximum absolute atomic E-state index is 11.4. The van der Waals surface area contributed by atoms with E-state index in [0.717, 1.165) is 25.4 Å². The SMILES string of the molecule is COC(=O)C1CN(Cc2ccc3cc(OC)ccc3c2)C1. The highest BCUT2D eigenvalue weighted by molar-refractivity contribution is 5.84. The molecule has 0 radical (unpaired) electrons. The van der Waals surface area contributed by atoms with Crippen LogP contribution in [0, 0.1) is 5.92 Å². The van der Waals surface area contributed by atoms with Crippen LogP contribution in [-0.4, -0.2) is 38.2 Å². The maximum atomic E-state index is 11.4. The Kier molecular flexibility index (Phi) is 3.80. The van der Waals surface area contributed by atoms with E-state index in [1.807, 2.05) is 12.1 Å². The molecule has 0 aromatic heterocycles. The average Bonchev–Trinajstić information content (AvgIpc) is 2.49. The van der Waals surface area contributed by atoms with E-state index in [0.29, 0.717) is 0 Å². The quantitative estimate of drug-likeness (QED) is 0.809. The molecular formula is C17H19NO3. The second-order valence-corrected chi connectivity index (χ2v) is 5.46. The average molecular weight is 285 g/mol. The Morgan fingerprint density at radius 2 is 1.86 bits per heavy atom. The van der Waals surface area contributed by atoms with Crippen LogP contribution in [0.2, 0.25) is 0 Å². The fourth-order valence-electron chi connectivity index (χ4n) is 2.77. The lowest BCUT2D eigenvalue weighted by atomic mass is 9.99. The number of methoxy groups -OCH3 is 2. The molecule has 1 heterocycles. The Balaban J connectivity index is 1.67. The van der Waals surface area contributed by atoms with Gasteiger partial charge in [-0.05, 0) is 34.5 Å². The van der Waals surface area contributed by atoms with Gasteiger partial charge in [-0.15, -0.1) is 0 Å². The zero-order chi connectivity index (χ0) is 14.8. The molecule has 1 aliphatic rings. The predicted octanol–water partition coefficient (Wildman–Crippen LogP) is 2.45. The summed E-state index contributed by atoms with van der Waals surface area (Å²) in [4.78, 5) is 13.6. The van der Waals surface area contributed by atoms with Crippen molar-refractivity contribution in [3.8, 4) is 5.75 Å². The normalized spacial score (nSPS) is 15.7. The second-order valence-electron chi connectivity index (χ2n) is 5.46. The molecule has 1 aliphatic heterocycles. The van der Waals surface area contributed by atoms with Gasteiger partial charge in [-0.1, -0.05) is 18.2 Å². The first-order valence-electron chi connectivity index (χ1n) is 7.06. The van der Waals surface area contributed by atoms with Crippen LogP contribution < -0.4 is 4.74 Å². The van der Waals surface area contributed by atoms with Crippen molar-refractivity contribution < 1.29 is 14.3 Å². The number of esters is 1. The third-order valence-corrected chi connectivity index (χ3v) is 4.01. The van der Waals surface area contributed by atoms with Crippen LogP contribution in [0.3, 0.4) is 0 Å². The number of ether oxygens (including phenoxy) is 2. The summed E-state index contributed by atoms with van der Waals surface area (Å²) in [6.07, 6.45) is 0. The number of benzene rings is 2. The molecule has 21 heavy (non-hydrogen) atoms. The topological polar surface area (TPSA) is 38.8 Å². The molecule has 0 N–H and O–H groups in total. The van der Waals surface area contributed by atoms with Crippen molar-refractivity contribution in [3.63, 3.8) is 0 Å². The van der Waals surface area contributed by atoms with E-state index in [1.54, 1.807) is 7.11 Å². The number of nitrogens with zero attached hydrogens (tertiary/aromatic N) is 1. The van der Waals surface area contributed by atoms with Gasteiger partial charge in [0.05, 0.1) is 20.1 Å². The molecule has 0 bridgehead atoms. The molecule has 0 spiro atoms. The zero-order valence-electron chi connectivity index (χ0n) is 12.3. The van der Waals surface area contributed by atoms with E-state index >= 15 is 0 Å². The lowest BCUT2D eigenvalue weighted by Gasteiger charge is -2.37. The van der Waals surface area contributed by atoms with E-state index in [1.165, 1.54) is 23.4 Å². The largest absolute Gasteiger partial charge is 0.497 e. The first kappa shape index (κ1) is 13.9. The van der Waals surface area contributed by atoms with Gasteiger partial charge in [0.1, 0.15) is 5.75 Å². The third kappa shape index (κ3) is 2.85. The Morgan fingerprint density at radius 3 is 2.57 bits per heavy atom. The van der Waals surface area contributed by atoms with Crippen molar-refractivity contribution >= 4 is 16.7 Å².